The number of rotatable bonds is 7. The molecular weight excluding hydrogens is 359 g/mol. The van der Waals surface area contributed by atoms with Gasteiger partial charge in [-0.15, -0.1) is 0 Å². The van der Waals surface area contributed by atoms with E-state index in [1.54, 1.807) is 12.1 Å². The highest BCUT2D eigenvalue weighted by molar-refractivity contribution is 7.92. The summed E-state index contributed by atoms with van der Waals surface area (Å²) in [6.07, 6.45) is 1.00. The second kappa shape index (κ2) is 8.18. The molecule has 2 aromatic carbocycles. The van der Waals surface area contributed by atoms with Gasteiger partial charge in [-0.25, -0.2) is 12.8 Å². The lowest BCUT2D eigenvalue weighted by Gasteiger charge is -2.28. The van der Waals surface area contributed by atoms with E-state index in [2.05, 4.69) is 5.32 Å². The van der Waals surface area contributed by atoms with Crippen LogP contribution >= 0.6 is 0 Å². The Kier molecular flexibility index (Phi) is 6.20. The van der Waals surface area contributed by atoms with E-state index in [9.17, 15) is 17.6 Å². The predicted octanol–water partition coefficient (Wildman–Crippen LogP) is 2.31. The lowest BCUT2D eigenvalue weighted by molar-refractivity contribution is -0.122. The molecule has 0 aromatic heterocycles. The third-order valence-corrected chi connectivity index (χ3v) is 5.06. The zero-order chi connectivity index (χ0) is 19.3. The number of para-hydroxylation sites is 1. The van der Waals surface area contributed by atoms with Crippen LogP contribution in [0.3, 0.4) is 0 Å². The minimum absolute atomic E-state index is 0.189. The number of amides is 1. The molecular formula is C18H21FN2O4S. The lowest BCUT2D eigenvalue weighted by Crippen LogP contribution is -2.47. The molecule has 8 heteroatoms. The summed E-state index contributed by atoms with van der Waals surface area (Å²) in [4.78, 5) is 12.5. The number of carbonyl (C=O) groups excluding carboxylic acids is 1. The molecule has 2 rings (SSSR count). The fourth-order valence-electron chi connectivity index (χ4n) is 2.58. The average Bonchev–Trinajstić information content (AvgIpc) is 2.60. The van der Waals surface area contributed by atoms with Gasteiger partial charge in [0, 0.05) is 12.1 Å². The number of carbonyl (C=O) groups is 1. The van der Waals surface area contributed by atoms with E-state index in [1.165, 1.54) is 26.2 Å². The van der Waals surface area contributed by atoms with Crippen LogP contribution in [0.15, 0.2) is 48.5 Å². The van der Waals surface area contributed by atoms with Crippen molar-refractivity contribution in [2.75, 3.05) is 17.7 Å². The van der Waals surface area contributed by atoms with Gasteiger partial charge < -0.3 is 10.1 Å². The Balaban J connectivity index is 2.18. The number of anilines is 1. The molecule has 0 fully saturated rings. The standard InChI is InChI=1S/C18H21FN2O4S/c1-13(18(22)20-12-14-6-4-5-7-17(14)25-2)21(26(3,23)24)16-10-8-15(19)9-11-16/h4-11,13H,12H2,1-3H3,(H,20,22)/t13-/m0/s1. The first kappa shape index (κ1) is 19.7. The van der Waals surface area contributed by atoms with Crippen molar-refractivity contribution in [1.82, 2.24) is 5.32 Å². The van der Waals surface area contributed by atoms with E-state index < -0.39 is 27.8 Å². The number of ether oxygens (including phenoxy) is 1. The molecule has 1 N–H and O–H groups in total. The van der Waals surface area contributed by atoms with Crippen LogP contribution < -0.4 is 14.4 Å². The van der Waals surface area contributed by atoms with Crippen LogP contribution in [0, 0.1) is 5.82 Å². The van der Waals surface area contributed by atoms with Gasteiger partial charge in [0.2, 0.25) is 15.9 Å². The molecule has 0 aliphatic carbocycles. The molecule has 0 spiro atoms. The SMILES string of the molecule is COc1ccccc1CNC(=O)[C@H](C)N(c1ccc(F)cc1)S(C)(=O)=O. The van der Waals surface area contributed by atoms with Crippen molar-refractivity contribution in [2.24, 2.45) is 0 Å². The lowest BCUT2D eigenvalue weighted by atomic mass is 10.2. The molecule has 0 saturated carbocycles. The summed E-state index contributed by atoms with van der Waals surface area (Å²) in [6.45, 7) is 1.66. The van der Waals surface area contributed by atoms with E-state index in [4.69, 9.17) is 4.74 Å². The molecule has 26 heavy (non-hydrogen) atoms. The van der Waals surface area contributed by atoms with Crippen molar-refractivity contribution in [3.05, 3.63) is 59.9 Å². The molecule has 0 aliphatic rings. The maximum absolute atomic E-state index is 13.1. The third kappa shape index (κ3) is 4.72. The molecule has 2 aromatic rings. The van der Waals surface area contributed by atoms with Gasteiger partial charge in [0.15, 0.2) is 0 Å². The minimum Gasteiger partial charge on any atom is -0.496 e. The summed E-state index contributed by atoms with van der Waals surface area (Å²) in [5.41, 5.74) is 0.983. The number of nitrogens with one attached hydrogen (secondary N) is 1. The van der Waals surface area contributed by atoms with Crippen molar-refractivity contribution < 1.29 is 22.3 Å². The van der Waals surface area contributed by atoms with Crippen LogP contribution in [0.4, 0.5) is 10.1 Å². The van der Waals surface area contributed by atoms with Crippen molar-refractivity contribution in [3.8, 4) is 5.75 Å². The highest BCUT2D eigenvalue weighted by atomic mass is 32.2. The summed E-state index contributed by atoms with van der Waals surface area (Å²) in [5, 5.41) is 2.71. The van der Waals surface area contributed by atoms with Crippen molar-refractivity contribution >= 4 is 21.6 Å². The first-order valence-corrected chi connectivity index (χ1v) is 9.73. The number of nitrogens with zero attached hydrogens (tertiary/aromatic N) is 1. The Hall–Kier alpha value is -2.61. The van der Waals surface area contributed by atoms with E-state index in [0.29, 0.717) is 5.75 Å². The molecule has 0 saturated heterocycles. The van der Waals surface area contributed by atoms with Gasteiger partial charge in [-0.1, -0.05) is 18.2 Å². The third-order valence-electron chi connectivity index (χ3n) is 3.82. The Bertz CT molecular complexity index is 869. The number of halogens is 1. The first-order chi connectivity index (χ1) is 12.2. The van der Waals surface area contributed by atoms with Crippen LogP contribution in [0.2, 0.25) is 0 Å². The smallest absolute Gasteiger partial charge is 0.243 e. The Morgan fingerprint density at radius 3 is 2.38 bits per heavy atom. The molecule has 1 atom stereocenters. The number of methoxy groups -OCH3 is 1. The van der Waals surface area contributed by atoms with E-state index in [0.717, 1.165) is 28.3 Å². The quantitative estimate of drug-likeness (QED) is 0.800. The van der Waals surface area contributed by atoms with Gasteiger partial charge in [0.1, 0.15) is 17.6 Å². The van der Waals surface area contributed by atoms with E-state index >= 15 is 0 Å². The van der Waals surface area contributed by atoms with Crippen LogP contribution in [-0.2, 0) is 21.4 Å². The zero-order valence-corrected chi connectivity index (χ0v) is 15.6. The molecule has 0 heterocycles. The largest absolute Gasteiger partial charge is 0.496 e. The molecule has 1 amide bonds. The fraction of sp³-hybridized carbons (Fsp3) is 0.278. The van der Waals surface area contributed by atoms with Gasteiger partial charge >= 0.3 is 0 Å². The van der Waals surface area contributed by atoms with Crippen LogP contribution in [-0.4, -0.2) is 33.7 Å². The maximum atomic E-state index is 13.1. The Morgan fingerprint density at radius 1 is 1.19 bits per heavy atom. The highest BCUT2D eigenvalue weighted by Gasteiger charge is 2.29. The van der Waals surface area contributed by atoms with Gasteiger partial charge in [-0.3, -0.25) is 9.10 Å². The number of hydrogen-bond donors (Lipinski definition) is 1. The normalized spacial score (nSPS) is 12.3. The second-order valence-corrected chi connectivity index (χ2v) is 7.60. The fourth-order valence-corrected chi connectivity index (χ4v) is 3.75. The van der Waals surface area contributed by atoms with Crippen LogP contribution in [0.1, 0.15) is 12.5 Å². The summed E-state index contributed by atoms with van der Waals surface area (Å²) < 4.78 is 43.7. The number of hydrogen-bond acceptors (Lipinski definition) is 4. The molecule has 0 unspecified atom stereocenters. The summed E-state index contributed by atoms with van der Waals surface area (Å²) in [5.74, 6) is -0.347. The summed E-state index contributed by atoms with van der Waals surface area (Å²) >= 11 is 0. The minimum atomic E-state index is -3.75. The topological polar surface area (TPSA) is 75.7 Å². The van der Waals surface area contributed by atoms with Crippen molar-refractivity contribution in [2.45, 2.75) is 19.5 Å². The van der Waals surface area contributed by atoms with Gasteiger partial charge in [0.05, 0.1) is 19.1 Å². The van der Waals surface area contributed by atoms with E-state index in [-0.39, 0.29) is 12.2 Å². The van der Waals surface area contributed by atoms with Crippen LogP contribution in [0.25, 0.3) is 0 Å². The summed E-state index contributed by atoms with van der Waals surface area (Å²) in [6, 6.07) is 11.1. The predicted molar refractivity (Wildman–Crippen MR) is 98.0 cm³/mol. The first-order valence-electron chi connectivity index (χ1n) is 7.88. The molecule has 0 aliphatic heterocycles. The Labute approximate surface area is 152 Å². The summed E-state index contributed by atoms with van der Waals surface area (Å²) in [7, 11) is -2.21. The van der Waals surface area contributed by atoms with Gasteiger partial charge in [-0.05, 0) is 37.3 Å². The molecule has 0 bridgehead atoms. The molecule has 140 valence electrons. The number of sulfonamides is 1. The van der Waals surface area contributed by atoms with Crippen LogP contribution in [0.5, 0.6) is 5.75 Å². The maximum Gasteiger partial charge on any atom is 0.243 e. The van der Waals surface area contributed by atoms with Gasteiger partial charge in [0.25, 0.3) is 0 Å². The molecule has 0 radical (unpaired) electrons. The Morgan fingerprint density at radius 2 is 1.81 bits per heavy atom. The highest BCUT2D eigenvalue weighted by Crippen LogP contribution is 2.22. The van der Waals surface area contributed by atoms with E-state index in [1.807, 2.05) is 12.1 Å². The number of benzene rings is 2. The van der Waals surface area contributed by atoms with Crippen molar-refractivity contribution in [3.63, 3.8) is 0 Å². The second-order valence-electron chi connectivity index (χ2n) is 5.74. The van der Waals surface area contributed by atoms with Crippen molar-refractivity contribution in [1.29, 1.82) is 0 Å². The monoisotopic (exact) mass is 380 g/mol. The van der Waals surface area contributed by atoms with Gasteiger partial charge in [-0.2, -0.15) is 0 Å². The molecule has 6 nitrogen and oxygen atoms in total. The zero-order valence-electron chi connectivity index (χ0n) is 14.8. The average molecular weight is 380 g/mol.